The maximum absolute atomic E-state index is 12.7. The third kappa shape index (κ3) is 3.11. The maximum atomic E-state index is 12.7. The van der Waals surface area contributed by atoms with Gasteiger partial charge in [0, 0.05) is 27.8 Å². The number of aryl methyl sites for hydroxylation is 1. The summed E-state index contributed by atoms with van der Waals surface area (Å²) in [7, 11) is 0. The van der Waals surface area contributed by atoms with E-state index in [1.54, 1.807) is 0 Å². The summed E-state index contributed by atoms with van der Waals surface area (Å²) < 4.78 is 0. The van der Waals surface area contributed by atoms with E-state index >= 15 is 0 Å². The van der Waals surface area contributed by atoms with Gasteiger partial charge in [-0.15, -0.1) is 0 Å². The Morgan fingerprint density at radius 1 is 0.885 bits per heavy atom. The molecule has 2 N–H and O–H groups in total. The molecule has 26 heavy (non-hydrogen) atoms. The molecular formula is C23H20N2O. The van der Waals surface area contributed by atoms with Gasteiger partial charge in [0.05, 0.1) is 6.42 Å². The second-order valence-electron chi connectivity index (χ2n) is 6.41. The summed E-state index contributed by atoms with van der Waals surface area (Å²) >= 11 is 0. The van der Waals surface area contributed by atoms with Crippen LogP contribution in [0.3, 0.4) is 0 Å². The molecule has 1 heterocycles. The molecule has 4 aromatic rings. The molecule has 0 saturated carbocycles. The molecule has 0 aliphatic heterocycles. The van der Waals surface area contributed by atoms with E-state index in [0.717, 1.165) is 39.0 Å². The van der Waals surface area contributed by atoms with Gasteiger partial charge in [-0.3, -0.25) is 4.79 Å². The van der Waals surface area contributed by atoms with Gasteiger partial charge in [-0.1, -0.05) is 66.7 Å². The fraction of sp³-hybridized carbons (Fsp3) is 0.0870. The molecule has 0 atom stereocenters. The largest absolute Gasteiger partial charge is 0.358 e. The highest BCUT2D eigenvalue weighted by Crippen LogP contribution is 2.28. The predicted octanol–water partition coefficient (Wildman–Crippen LogP) is 5.32. The Hall–Kier alpha value is -3.33. The zero-order valence-electron chi connectivity index (χ0n) is 14.6. The summed E-state index contributed by atoms with van der Waals surface area (Å²) in [4.78, 5) is 16.1. The van der Waals surface area contributed by atoms with Gasteiger partial charge in [-0.25, -0.2) is 0 Å². The van der Waals surface area contributed by atoms with Crippen LogP contribution in [0.2, 0.25) is 0 Å². The third-order valence-corrected chi connectivity index (χ3v) is 4.65. The minimum Gasteiger partial charge on any atom is -0.358 e. The van der Waals surface area contributed by atoms with Crippen LogP contribution in [-0.4, -0.2) is 10.9 Å². The molecule has 1 aromatic heterocycles. The summed E-state index contributed by atoms with van der Waals surface area (Å²) in [5.41, 5.74) is 6.11. The minimum absolute atomic E-state index is 0.0127. The number of hydrogen-bond acceptors (Lipinski definition) is 1. The molecule has 0 fully saturated rings. The quantitative estimate of drug-likeness (QED) is 0.518. The molecule has 0 unspecified atom stereocenters. The van der Waals surface area contributed by atoms with Crippen molar-refractivity contribution in [2.24, 2.45) is 0 Å². The van der Waals surface area contributed by atoms with Crippen molar-refractivity contribution in [2.75, 3.05) is 5.32 Å². The molecule has 0 saturated heterocycles. The van der Waals surface area contributed by atoms with E-state index in [1.807, 2.05) is 67.6 Å². The number of H-pyrrole nitrogens is 1. The van der Waals surface area contributed by atoms with Gasteiger partial charge in [0.15, 0.2) is 0 Å². The molecule has 0 aliphatic carbocycles. The van der Waals surface area contributed by atoms with Crippen molar-refractivity contribution in [1.82, 2.24) is 4.98 Å². The van der Waals surface area contributed by atoms with Gasteiger partial charge in [-0.2, -0.15) is 0 Å². The first-order valence-corrected chi connectivity index (χ1v) is 8.73. The smallest absolute Gasteiger partial charge is 0.228 e. The SMILES string of the molecule is Cc1[nH]c2ccccc2c1CC(=O)Nc1ccccc1-c1ccccc1. The van der Waals surface area contributed by atoms with Crippen molar-refractivity contribution >= 4 is 22.5 Å². The lowest BCUT2D eigenvalue weighted by atomic mass is 10.0. The molecule has 3 nitrogen and oxygen atoms in total. The highest BCUT2D eigenvalue weighted by molar-refractivity contribution is 5.99. The number of carbonyl (C=O) groups excluding carboxylic acids is 1. The highest BCUT2D eigenvalue weighted by Gasteiger charge is 2.14. The van der Waals surface area contributed by atoms with E-state index in [1.165, 1.54) is 0 Å². The lowest BCUT2D eigenvalue weighted by molar-refractivity contribution is -0.115. The van der Waals surface area contributed by atoms with E-state index in [0.29, 0.717) is 6.42 Å². The molecule has 3 aromatic carbocycles. The van der Waals surface area contributed by atoms with E-state index in [4.69, 9.17) is 0 Å². The number of fused-ring (bicyclic) bond motifs is 1. The van der Waals surface area contributed by atoms with Crippen LogP contribution < -0.4 is 5.32 Å². The van der Waals surface area contributed by atoms with Crippen LogP contribution in [0, 0.1) is 6.92 Å². The number of benzene rings is 3. The third-order valence-electron chi connectivity index (χ3n) is 4.65. The number of aromatic nitrogens is 1. The highest BCUT2D eigenvalue weighted by atomic mass is 16.1. The van der Waals surface area contributed by atoms with Crippen LogP contribution in [0.4, 0.5) is 5.69 Å². The Bertz CT molecular complexity index is 1060. The number of rotatable bonds is 4. The van der Waals surface area contributed by atoms with E-state index in [-0.39, 0.29) is 5.91 Å². The lowest BCUT2D eigenvalue weighted by Crippen LogP contribution is -2.15. The van der Waals surface area contributed by atoms with Crippen molar-refractivity contribution in [3.8, 4) is 11.1 Å². The summed E-state index contributed by atoms with van der Waals surface area (Å²) in [6.45, 7) is 2.01. The summed E-state index contributed by atoms with van der Waals surface area (Å²) in [5.74, 6) is -0.0127. The molecule has 128 valence electrons. The molecule has 4 rings (SSSR count). The number of para-hydroxylation sites is 2. The number of nitrogens with one attached hydrogen (secondary N) is 2. The average molecular weight is 340 g/mol. The topological polar surface area (TPSA) is 44.9 Å². The summed E-state index contributed by atoms with van der Waals surface area (Å²) in [5, 5.41) is 4.19. The Labute approximate surface area is 152 Å². The molecular weight excluding hydrogens is 320 g/mol. The number of aromatic amines is 1. The second-order valence-corrected chi connectivity index (χ2v) is 6.41. The molecule has 3 heteroatoms. The van der Waals surface area contributed by atoms with Crippen LogP contribution in [0.15, 0.2) is 78.9 Å². The van der Waals surface area contributed by atoms with Crippen molar-refractivity contribution in [3.05, 3.63) is 90.1 Å². The minimum atomic E-state index is -0.0127. The average Bonchev–Trinajstić information content (AvgIpc) is 2.98. The van der Waals surface area contributed by atoms with Gasteiger partial charge >= 0.3 is 0 Å². The van der Waals surface area contributed by atoms with Gasteiger partial charge < -0.3 is 10.3 Å². The van der Waals surface area contributed by atoms with Crippen LogP contribution in [0.1, 0.15) is 11.3 Å². The van der Waals surface area contributed by atoms with E-state index in [2.05, 4.69) is 28.5 Å². The number of carbonyl (C=O) groups is 1. The first-order valence-electron chi connectivity index (χ1n) is 8.73. The standard InChI is InChI=1S/C23H20N2O/c1-16-20(19-12-6-8-14-22(19)24-16)15-23(26)25-21-13-7-5-11-18(21)17-9-3-2-4-10-17/h2-14,24H,15H2,1H3,(H,25,26). The molecule has 0 bridgehead atoms. The van der Waals surface area contributed by atoms with Crippen LogP contribution in [0.25, 0.3) is 22.0 Å². The lowest BCUT2D eigenvalue weighted by Gasteiger charge is -2.11. The molecule has 0 spiro atoms. The van der Waals surface area contributed by atoms with E-state index < -0.39 is 0 Å². The zero-order chi connectivity index (χ0) is 17.9. The number of hydrogen-bond donors (Lipinski definition) is 2. The normalized spacial score (nSPS) is 10.8. The van der Waals surface area contributed by atoms with Crippen molar-refractivity contribution in [3.63, 3.8) is 0 Å². The van der Waals surface area contributed by atoms with Gasteiger partial charge in [-0.05, 0) is 30.2 Å². The monoisotopic (exact) mass is 340 g/mol. The fourth-order valence-corrected chi connectivity index (χ4v) is 3.38. The molecule has 0 radical (unpaired) electrons. The Kier molecular flexibility index (Phi) is 4.28. The number of anilines is 1. The Morgan fingerprint density at radius 2 is 1.58 bits per heavy atom. The Morgan fingerprint density at radius 3 is 2.42 bits per heavy atom. The predicted molar refractivity (Wildman–Crippen MR) is 107 cm³/mol. The summed E-state index contributed by atoms with van der Waals surface area (Å²) in [6.07, 6.45) is 0.346. The first-order chi connectivity index (χ1) is 12.7. The maximum Gasteiger partial charge on any atom is 0.228 e. The van der Waals surface area contributed by atoms with Crippen molar-refractivity contribution < 1.29 is 4.79 Å². The molecule has 0 aliphatic rings. The Balaban J connectivity index is 1.61. The van der Waals surface area contributed by atoms with Crippen LogP contribution >= 0.6 is 0 Å². The molecule has 1 amide bonds. The van der Waals surface area contributed by atoms with Crippen molar-refractivity contribution in [1.29, 1.82) is 0 Å². The van der Waals surface area contributed by atoms with Crippen LogP contribution in [-0.2, 0) is 11.2 Å². The van der Waals surface area contributed by atoms with Crippen LogP contribution in [0.5, 0.6) is 0 Å². The van der Waals surface area contributed by atoms with Gasteiger partial charge in [0.25, 0.3) is 0 Å². The fourth-order valence-electron chi connectivity index (χ4n) is 3.38. The zero-order valence-corrected chi connectivity index (χ0v) is 14.6. The second kappa shape index (κ2) is 6.89. The summed E-state index contributed by atoms with van der Waals surface area (Å²) in [6, 6.07) is 26.1. The van der Waals surface area contributed by atoms with Crippen molar-refractivity contribution in [2.45, 2.75) is 13.3 Å². The first kappa shape index (κ1) is 16.2. The van der Waals surface area contributed by atoms with Gasteiger partial charge in [0.1, 0.15) is 0 Å². The van der Waals surface area contributed by atoms with Gasteiger partial charge in [0.2, 0.25) is 5.91 Å². The number of amides is 1. The van der Waals surface area contributed by atoms with E-state index in [9.17, 15) is 4.79 Å².